The zero-order valence-corrected chi connectivity index (χ0v) is 29.7. The summed E-state index contributed by atoms with van der Waals surface area (Å²) in [5, 5.41) is 2.41. The smallest absolute Gasteiger partial charge is 0.0540 e. The summed E-state index contributed by atoms with van der Waals surface area (Å²) in [7, 11) is 0. The summed E-state index contributed by atoms with van der Waals surface area (Å²) in [6, 6.07) is 65.0. The van der Waals surface area contributed by atoms with Crippen molar-refractivity contribution in [2.75, 3.05) is 4.90 Å². The molecule has 0 aromatic heterocycles. The quantitative estimate of drug-likeness (QED) is 0.165. The molecule has 0 N–H and O–H groups in total. The van der Waals surface area contributed by atoms with Crippen molar-refractivity contribution in [3.63, 3.8) is 0 Å². The largest absolute Gasteiger partial charge is 0.310 e. The minimum absolute atomic E-state index is 1.11. The van der Waals surface area contributed by atoms with Gasteiger partial charge in [0.1, 0.15) is 0 Å². The maximum absolute atomic E-state index is 2.47. The molecule has 0 aliphatic heterocycles. The van der Waals surface area contributed by atoms with Crippen molar-refractivity contribution in [3.05, 3.63) is 198 Å². The van der Waals surface area contributed by atoms with E-state index in [0.29, 0.717) is 0 Å². The van der Waals surface area contributed by atoms with Crippen LogP contribution in [0.4, 0.5) is 17.1 Å². The lowest BCUT2D eigenvalue weighted by molar-refractivity contribution is 1.30. The van der Waals surface area contributed by atoms with Crippen molar-refractivity contribution in [1.29, 1.82) is 0 Å². The molecule has 8 aromatic carbocycles. The molecule has 0 heterocycles. The van der Waals surface area contributed by atoms with E-state index in [-0.39, 0.29) is 0 Å². The van der Waals surface area contributed by atoms with Crippen LogP contribution >= 0.6 is 0 Å². The Morgan fingerprint density at radius 2 is 0.627 bits per heavy atom. The van der Waals surface area contributed by atoms with E-state index < -0.39 is 0 Å². The number of hydrogen-bond donors (Lipinski definition) is 0. The number of aryl methyl sites for hydroxylation is 4. The fraction of sp³-hybridized carbons (Fsp3) is 0.0800. The molecule has 0 fully saturated rings. The minimum Gasteiger partial charge on any atom is -0.310 e. The normalized spacial score (nSPS) is 11.1. The molecule has 8 aromatic rings. The zero-order valence-electron chi connectivity index (χ0n) is 29.7. The van der Waals surface area contributed by atoms with Crippen LogP contribution in [-0.4, -0.2) is 0 Å². The molecular formula is C50H41N. The minimum atomic E-state index is 1.11. The van der Waals surface area contributed by atoms with Gasteiger partial charge in [0.15, 0.2) is 0 Å². The number of hydrogen-bond acceptors (Lipinski definition) is 1. The summed E-state index contributed by atoms with van der Waals surface area (Å²) in [5.74, 6) is 0. The van der Waals surface area contributed by atoms with Crippen LogP contribution < -0.4 is 4.90 Å². The van der Waals surface area contributed by atoms with E-state index in [1.807, 2.05) is 0 Å². The van der Waals surface area contributed by atoms with E-state index in [2.05, 4.69) is 209 Å². The van der Waals surface area contributed by atoms with Crippen molar-refractivity contribution in [2.45, 2.75) is 27.7 Å². The van der Waals surface area contributed by atoms with Gasteiger partial charge in [-0.15, -0.1) is 0 Å². The van der Waals surface area contributed by atoms with Gasteiger partial charge in [0.25, 0.3) is 0 Å². The first kappa shape index (κ1) is 32.0. The molecule has 1 heteroatoms. The predicted octanol–water partition coefficient (Wildman–Crippen LogP) is 14.2. The maximum atomic E-state index is 2.47. The Hall–Kier alpha value is -6.18. The van der Waals surface area contributed by atoms with Gasteiger partial charge in [0.2, 0.25) is 0 Å². The lowest BCUT2D eigenvalue weighted by atomic mass is 9.94. The highest BCUT2D eigenvalue weighted by Crippen LogP contribution is 2.44. The molecule has 0 aliphatic carbocycles. The fourth-order valence-electron chi connectivity index (χ4n) is 6.96. The number of anilines is 3. The first-order valence-corrected chi connectivity index (χ1v) is 17.7. The van der Waals surface area contributed by atoms with E-state index in [1.165, 1.54) is 77.5 Å². The van der Waals surface area contributed by atoms with Crippen molar-refractivity contribution in [1.82, 2.24) is 0 Å². The van der Waals surface area contributed by atoms with Crippen LogP contribution in [0.5, 0.6) is 0 Å². The molecule has 0 unspecified atom stereocenters. The number of nitrogens with zero attached hydrogens (tertiary/aromatic N) is 1. The van der Waals surface area contributed by atoms with Gasteiger partial charge in [0, 0.05) is 16.8 Å². The highest BCUT2D eigenvalue weighted by atomic mass is 15.1. The Morgan fingerprint density at radius 1 is 0.294 bits per heavy atom. The summed E-state index contributed by atoms with van der Waals surface area (Å²) in [6.45, 7) is 8.58. The molecule has 0 atom stereocenters. The molecular weight excluding hydrogens is 615 g/mol. The third-order valence-corrected chi connectivity index (χ3v) is 9.90. The Morgan fingerprint density at radius 3 is 1.00 bits per heavy atom. The van der Waals surface area contributed by atoms with Crippen molar-refractivity contribution in [2.24, 2.45) is 0 Å². The molecule has 0 radical (unpaired) electrons. The van der Waals surface area contributed by atoms with Gasteiger partial charge in [-0.1, -0.05) is 156 Å². The molecule has 0 saturated heterocycles. The highest BCUT2D eigenvalue weighted by molar-refractivity contribution is 6.00. The summed E-state index contributed by atoms with van der Waals surface area (Å²) < 4.78 is 0. The van der Waals surface area contributed by atoms with Crippen LogP contribution in [0.25, 0.3) is 55.3 Å². The Kier molecular flexibility index (Phi) is 8.56. The van der Waals surface area contributed by atoms with Crippen LogP contribution in [0.2, 0.25) is 0 Å². The van der Waals surface area contributed by atoms with Crippen LogP contribution in [-0.2, 0) is 0 Å². The van der Waals surface area contributed by atoms with Gasteiger partial charge >= 0.3 is 0 Å². The molecule has 0 amide bonds. The van der Waals surface area contributed by atoms with Crippen LogP contribution in [0.3, 0.4) is 0 Å². The third-order valence-electron chi connectivity index (χ3n) is 9.90. The Labute approximate surface area is 302 Å². The average molecular weight is 656 g/mol. The Bertz CT molecular complexity index is 2200. The van der Waals surface area contributed by atoms with Crippen molar-refractivity contribution in [3.8, 4) is 44.5 Å². The van der Waals surface area contributed by atoms with Crippen LogP contribution in [0.15, 0.2) is 176 Å². The molecule has 0 bridgehead atoms. The van der Waals surface area contributed by atoms with Gasteiger partial charge in [-0.2, -0.15) is 0 Å². The van der Waals surface area contributed by atoms with E-state index in [1.54, 1.807) is 0 Å². The summed E-state index contributed by atoms with van der Waals surface area (Å²) in [6.07, 6.45) is 0. The van der Waals surface area contributed by atoms with Gasteiger partial charge in [-0.25, -0.2) is 0 Å². The molecule has 0 aliphatic rings. The summed E-state index contributed by atoms with van der Waals surface area (Å²) in [5.41, 5.74) is 17.9. The van der Waals surface area contributed by atoms with Crippen molar-refractivity contribution >= 4 is 27.8 Å². The van der Waals surface area contributed by atoms with Gasteiger partial charge < -0.3 is 4.90 Å². The second kappa shape index (κ2) is 13.6. The van der Waals surface area contributed by atoms with Crippen LogP contribution in [0, 0.1) is 27.7 Å². The first-order chi connectivity index (χ1) is 24.9. The van der Waals surface area contributed by atoms with Gasteiger partial charge in [0.05, 0.1) is 5.69 Å². The lowest BCUT2D eigenvalue weighted by Gasteiger charge is -2.29. The van der Waals surface area contributed by atoms with Gasteiger partial charge in [-0.05, 0) is 120 Å². The second-order valence-electron chi connectivity index (χ2n) is 13.8. The summed E-state index contributed by atoms with van der Waals surface area (Å²) in [4.78, 5) is 2.47. The zero-order chi connectivity index (χ0) is 34.9. The SMILES string of the molecule is Cc1ccc(-c2cc(-c3ccc(C)cc3)cc(N(c3cc(-c4ccc(C)cc4)cc(-c4ccc(C)cc4)c3)c3cccc4ccccc34)c2)cc1. The molecule has 246 valence electrons. The molecule has 1 nitrogen and oxygen atoms in total. The first-order valence-electron chi connectivity index (χ1n) is 17.7. The van der Waals surface area contributed by atoms with E-state index in [0.717, 1.165) is 17.1 Å². The lowest BCUT2D eigenvalue weighted by Crippen LogP contribution is -2.11. The van der Waals surface area contributed by atoms with E-state index in [9.17, 15) is 0 Å². The number of benzene rings is 8. The van der Waals surface area contributed by atoms with Crippen LogP contribution in [0.1, 0.15) is 22.3 Å². The maximum Gasteiger partial charge on any atom is 0.0540 e. The second-order valence-corrected chi connectivity index (χ2v) is 13.8. The van der Waals surface area contributed by atoms with E-state index >= 15 is 0 Å². The summed E-state index contributed by atoms with van der Waals surface area (Å²) >= 11 is 0. The molecule has 51 heavy (non-hydrogen) atoms. The predicted molar refractivity (Wildman–Crippen MR) is 219 cm³/mol. The third kappa shape index (κ3) is 6.72. The molecule has 0 spiro atoms. The topological polar surface area (TPSA) is 3.24 Å². The fourth-order valence-corrected chi connectivity index (χ4v) is 6.96. The average Bonchev–Trinajstić information content (AvgIpc) is 3.16. The van der Waals surface area contributed by atoms with Crippen molar-refractivity contribution < 1.29 is 0 Å². The molecule has 0 saturated carbocycles. The highest BCUT2D eigenvalue weighted by Gasteiger charge is 2.20. The molecule has 8 rings (SSSR count). The monoisotopic (exact) mass is 655 g/mol. The van der Waals surface area contributed by atoms with E-state index in [4.69, 9.17) is 0 Å². The van der Waals surface area contributed by atoms with Gasteiger partial charge in [-0.3, -0.25) is 0 Å². The number of rotatable bonds is 7. The Balaban J connectivity index is 1.43. The standard InChI is InChI=1S/C50H41N/c1-34-12-20-38(21-13-34)43-28-44(39-22-14-35(2)15-23-39)31-47(30-43)51(50-11-7-9-42-8-5-6-10-49(42)50)48-32-45(40-24-16-36(3)17-25-40)29-46(33-48)41-26-18-37(4)19-27-41/h5-33H,1-4H3. The number of fused-ring (bicyclic) bond motifs is 1.